The third-order valence-corrected chi connectivity index (χ3v) is 5.79. The van der Waals surface area contributed by atoms with E-state index in [9.17, 15) is 15.2 Å². The maximum atomic E-state index is 11.1. The number of rotatable bonds is 10. The highest BCUT2D eigenvalue weighted by Crippen LogP contribution is 2.33. The minimum absolute atomic E-state index is 0.0871. The van der Waals surface area contributed by atoms with Crippen molar-refractivity contribution < 1.29 is 14.8 Å². The molecule has 0 atom stereocenters. The van der Waals surface area contributed by atoms with Gasteiger partial charge in [0.2, 0.25) is 17.8 Å². The second-order valence-corrected chi connectivity index (χ2v) is 8.51. The first-order chi connectivity index (χ1) is 20.0. The molecule has 0 aliphatic carbocycles. The lowest BCUT2D eigenvalue weighted by Gasteiger charge is -2.23. The smallest absolute Gasteiger partial charge is 0.270 e. The number of methoxy groups -OCH3 is 1. The van der Waals surface area contributed by atoms with Crippen LogP contribution >= 0.6 is 0 Å². The summed E-state index contributed by atoms with van der Waals surface area (Å²) in [6, 6.07) is 30.1. The van der Waals surface area contributed by atoms with Gasteiger partial charge >= 0.3 is 0 Å². The molecule has 4 aromatic carbocycles. The van der Waals surface area contributed by atoms with Gasteiger partial charge in [-0.3, -0.25) is 15.0 Å². The molecule has 204 valence electrons. The first-order valence-electron chi connectivity index (χ1n) is 12.3. The third kappa shape index (κ3) is 6.52. The summed E-state index contributed by atoms with van der Waals surface area (Å²) in [7, 11) is 1.59. The van der Waals surface area contributed by atoms with Gasteiger partial charge in [-0.25, -0.2) is 5.43 Å². The standard InChI is InChI=1S/C29H24N8O4/c1-41-25-15-12-21(13-16-25)31-27-32-28(35-30-19-20-18-24(37(39)40)14-17-26(20)38)34-29(33-27)36(22-8-4-2-5-9-22)23-10-6-3-7-11-23/h2-19,38H,1H3,(H2,31,32,33,34,35)/b30-19+. The molecule has 12 heteroatoms. The number of hydrazone groups is 1. The van der Waals surface area contributed by atoms with Crippen LogP contribution < -0.4 is 20.4 Å². The number of aromatic hydroxyl groups is 1. The number of benzene rings is 4. The number of ether oxygens (including phenoxy) is 1. The fourth-order valence-corrected chi connectivity index (χ4v) is 3.83. The summed E-state index contributed by atoms with van der Waals surface area (Å²) >= 11 is 0. The molecule has 0 aliphatic rings. The van der Waals surface area contributed by atoms with E-state index in [0.29, 0.717) is 17.4 Å². The first kappa shape index (κ1) is 26.6. The fraction of sp³-hybridized carbons (Fsp3) is 0.0345. The second-order valence-electron chi connectivity index (χ2n) is 8.51. The Hall–Kier alpha value is -6.04. The summed E-state index contributed by atoms with van der Waals surface area (Å²) in [6.07, 6.45) is 1.24. The molecule has 0 amide bonds. The predicted molar refractivity (Wildman–Crippen MR) is 157 cm³/mol. The number of para-hydroxylation sites is 2. The summed E-state index contributed by atoms with van der Waals surface area (Å²) in [5, 5.41) is 28.6. The van der Waals surface area contributed by atoms with Crippen LogP contribution in [0.4, 0.5) is 40.6 Å². The molecule has 0 spiro atoms. The molecule has 5 aromatic rings. The molecule has 0 saturated heterocycles. The van der Waals surface area contributed by atoms with E-state index in [1.54, 1.807) is 19.2 Å². The van der Waals surface area contributed by atoms with Crippen molar-refractivity contribution in [2.75, 3.05) is 22.8 Å². The van der Waals surface area contributed by atoms with Crippen molar-refractivity contribution in [3.8, 4) is 11.5 Å². The quantitative estimate of drug-likeness (QED) is 0.105. The Morgan fingerprint density at radius 3 is 2.12 bits per heavy atom. The third-order valence-electron chi connectivity index (χ3n) is 5.79. The molecule has 0 saturated carbocycles. The highest BCUT2D eigenvalue weighted by molar-refractivity contribution is 5.85. The molecule has 0 aliphatic heterocycles. The lowest BCUT2D eigenvalue weighted by molar-refractivity contribution is -0.384. The molecule has 5 rings (SSSR count). The molecule has 3 N–H and O–H groups in total. The minimum atomic E-state index is -0.554. The SMILES string of the molecule is COc1ccc(Nc2nc(N/N=C/c3cc([N+](=O)[O-])ccc3O)nc(N(c3ccccc3)c3ccccc3)n2)cc1. The number of nitrogens with zero attached hydrogens (tertiary/aromatic N) is 6. The van der Waals surface area contributed by atoms with Crippen molar-refractivity contribution >= 4 is 46.8 Å². The summed E-state index contributed by atoms with van der Waals surface area (Å²) in [5.74, 6) is 1.15. The summed E-state index contributed by atoms with van der Waals surface area (Å²) in [5.41, 5.74) is 5.06. The van der Waals surface area contributed by atoms with Gasteiger partial charge < -0.3 is 15.2 Å². The van der Waals surface area contributed by atoms with Crippen LogP contribution in [0.5, 0.6) is 11.5 Å². The molecule has 0 bridgehead atoms. The highest BCUT2D eigenvalue weighted by atomic mass is 16.6. The van der Waals surface area contributed by atoms with Crippen LogP contribution in [0.3, 0.4) is 0 Å². The lowest BCUT2D eigenvalue weighted by atomic mass is 10.2. The Labute approximate surface area is 234 Å². The number of nitro groups is 1. The van der Waals surface area contributed by atoms with Gasteiger partial charge in [0.15, 0.2) is 0 Å². The van der Waals surface area contributed by atoms with Crippen molar-refractivity contribution in [1.82, 2.24) is 15.0 Å². The van der Waals surface area contributed by atoms with E-state index >= 15 is 0 Å². The average Bonchev–Trinajstić information content (AvgIpc) is 2.99. The Bertz CT molecular complexity index is 1630. The Balaban J connectivity index is 1.54. The monoisotopic (exact) mass is 548 g/mol. The van der Waals surface area contributed by atoms with Gasteiger partial charge in [-0.1, -0.05) is 36.4 Å². The van der Waals surface area contributed by atoms with Crippen molar-refractivity contribution in [1.29, 1.82) is 0 Å². The Kier molecular flexibility index (Phi) is 7.91. The van der Waals surface area contributed by atoms with Gasteiger partial charge in [0.05, 0.1) is 18.2 Å². The van der Waals surface area contributed by atoms with E-state index in [0.717, 1.165) is 11.4 Å². The number of phenols is 1. The van der Waals surface area contributed by atoms with E-state index in [1.165, 1.54) is 24.4 Å². The van der Waals surface area contributed by atoms with Gasteiger partial charge in [0.1, 0.15) is 11.5 Å². The Morgan fingerprint density at radius 2 is 1.51 bits per heavy atom. The maximum absolute atomic E-state index is 11.1. The van der Waals surface area contributed by atoms with E-state index in [2.05, 4.69) is 25.8 Å². The molecule has 1 heterocycles. The number of nitro benzene ring substituents is 1. The van der Waals surface area contributed by atoms with Crippen molar-refractivity contribution in [2.45, 2.75) is 0 Å². The van der Waals surface area contributed by atoms with E-state index < -0.39 is 4.92 Å². The van der Waals surface area contributed by atoms with Gasteiger partial charge in [-0.2, -0.15) is 20.1 Å². The summed E-state index contributed by atoms with van der Waals surface area (Å²) < 4.78 is 5.24. The zero-order valence-corrected chi connectivity index (χ0v) is 21.7. The normalized spacial score (nSPS) is 10.8. The molecule has 41 heavy (non-hydrogen) atoms. The first-order valence-corrected chi connectivity index (χ1v) is 12.3. The molecule has 0 fully saturated rings. The van der Waals surface area contributed by atoms with Gasteiger partial charge in [0, 0.05) is 34.8 Å². The molecular formula is C29H24N8O4. The molecule has 0 unspecified atom stereocenters. The maximum Gasteiger partial charge on any atom is 0.270 e. The van der Waals surface area contributed by atoms with E-state index in [4.69, 9.17) is 9.72 Å². The van der Waals surface area contributed by atoms with E-state index in [-0.39, 0.29) is 28.9 Å². The highest BCUT2D eigenvalue weighted by Gasteiger charge is 2.18. The van der Waals surface area contributed by atoms with Crippen LogP contribution in [-0.4, -0.2) is 38.3 Å². The van der Waals surface area contributed by atoms with Crippen LogP contribution in [0.15, 0.2) is 108 Å². The molecule has 12 nitrogen and oxygen atoms in total. The van der Waals surface area contributed by atoms with E-state index in [1.807, 2.05) is 77.7 Å². The zero-order valence-electron chi connectivity index (χ0n) is 21.7. The topological polar surface area (TPSA) is 151 Å². The van der Waals surface area contributed by atoms with Gasteiger partial charge in [-0.05, 0) is 54.6 Å². The van der Waals surface area contributed by atoms with Crippen molar-refractivity contribution in [3.63, 3.8) is 0 Å². The minimum Gasteiger partial charge on any atom is -0.507 e. The number of aromatic nitrogens is 3. The largest absolute Gasteiger partial charge is 0.507 e. The number of anilines is 6. The van der Waals surface area contributed by atoms with Gasteiger partial charge in [0.25, 0.3) is 5.69 Å². The number of nitrogens with one attached hydrogen (secondary N) is 2. The molecule has 1 aromatic heterocycles. The number of hydrogen-bond donors (Lipinski definition) is 3. The lowest BCUT2D eigenvalue weighted by Crippen LogP contribution is -2.16. The number of hydrogen-bond acceptors (Lipinski definition) is 11. The summed E-state index contributed by atoms with van der Waals surface area (Å²) in [6.45, 7) is 0. The zero-order chi connectivity index (χ0) is 28.6. The number of phenolic OH excluding ortho intramolecular Hbond substituents is 1. The van der Waals surface area contributed by atoms with Crippen LogP contribution in [0, 0.1) is 10.1 Å². The molecule has 0 radical (unpaired) electrons. The molecular weight excluding hydrogens is 524 g/mol. The number of non-ortho nitro benzene ring substituents is 1. The van der Waals surface area contributed by atoms with Crippen molar-refractivity contribution in [3.05, 3.63) is 119 Å². The van der Waals surface area contributed by atoms with Crippen LogP contribution in [-0.2, 0) is 0 Å². The fourth-order valence-electron chi connectivity index (χ4n) is 3.83. The average molecular weight is 549 g/mol. The second kappa shape index (κ2) is 12.2. The van der Waals surface area contributed by atoms with Crippen molar-refractivity contribution in [2.24, 2.45) is 5.10 Å². The van der Waals surface area contributed by atoms with Crippen LogP contribution in [0.2, 0.25) is 0 Å². The summed E-state index contributed by atoms with van der Waals surface area (Å²) in [4.78, 5) is 26.2. The van der Waals surface area contributed by atoms with Crippen LogP contribution in [0.1, 0.15) is 5.56 Å². The van der Waals surface area contributed by atoms with Crippen LogP contribution in [0.25, 0.3) is 0 Å². The Morgan fingerprint density at radius 1 is 0.878 bits per heavy atom. The van der Waals surface area contributed by atoms with Gasteiger partial charge in [-0.15, -0.1) is 0 Å². The predicted octanol–water partition coefficient (Wildman–Crippen LogP) is 6.15.